The number of hydrogen-bond acceptors (Lipinski definition) is 2. The predicted molar refractivity (Wildman–Crippen MR) is 115 cm³/mol. The van der Waals surface area contributed by atoms with E-state index < -0.39 is 0 Å². The van der Waals surface area contributed by atoms with Gasteiger partial charge in [-0.3, -0.25) is 4.99 Å². The van der Waals surface area contributed by atoms with Crippen molar-refractivity contribution in [2.24, 2.45) is 4.99 Å². The second kappa shape index (κ2) is 8.31. The van der Waals surface area contributed by atoms with Gasteiger partial charge >= 0.3 is 0 Å². The third kappa shape index (κ3) is 4.15. The number of hydrogen-bond donors (Lipinski definition) is 0. The van der Waals surface area contributed by atoms with E-state index in [0.717, 1.165) is 28.3 Å². The summed E-state index contributed by atoms with van der Waals surface area (Å²) in [6.45, 7) is 0. The average molecular weight is 366 g/mol. The van der Waals surface area contributed by atoms with Gasteiger partial charge in [0.15, 0.2) is 0 Å². The zero-order chi connectivity index (χ0) is 19.2. The van der Waals surface area contributed by atoms with Crippen LogP contribution in [-0.2, 0) is 0 Å². The number of nitrogens with zero attached hydrogens (tertiary/aromatic N) is 2. The van der Waals surface area contributed by atoms with Gasteiger partial charge in [-0.25, -0.2) is 4.39 Å². The molecule has 2 nitrogen and oxygen atoms in total. The van der Waals surface area contributed by atoms with Crippen LogP contribution in [0.2, 0.25) is 0 Å². The third-order valence-electron chi connectivity index (χ3n) is 4.37. The molecule has 28 heavy (non-hydrogen) atoms. The van der Waals surface area contributed by atoms with Crippen LogP contribution in [0.4, 0.5) is 27.1 Å². The summed E-state index contributed by atoms with van der Waals surface area (Å²) >= 11 is 0. The highest BCUT2D eigenvalue weighted by molar-refractivity contribution is 5.84. The molecule has 0 aliphatic rings. The van der Waals surface area contributed by atoms with E-state index in [-0.39, 0.29) is 5.82 Å². The van der Waals surface area contributed by atoms with E-state index in [1.165, 1.54) is 12.1 Å². The lowest BCUT2D eigenvalue weighted by Gasteiger charge is -2.25. The second-order valence-electron chi connectivity index (χ2n) is 6.33. The molecule has 0 radical (unpaired) electrons. The predicted octanol–water partition coefficient (Wildman–Crippen LogP) is 7.05. The normalized spacial score (nSPS) is 10.9. The number of rotatable bonds is 5. The quantitative estimate of drug-likeness (QED) is 0.346. The van der Waals surface area contributed by atoms with Crippen molar-refractivity contribution in [1.82, 2.24) is 0 Å². The van der Waals surface area contributed by atoms with Crippen LogP contribution in [-0.4, -0.2) is 6.21 Å². The highest BCUT2D eigenvalue weighted by Crippen LogP contribution is 2.33. The van der Waals surface area contributed by atoms with Crippen molar-refractivity contribution in [1.29, 1.82) is 0 Å². The second-order valence-corrected chi connectivity index (χ2v) is 6.33. The lowest BCUT2D eigenvalue weighted by molar-refractivity contribution is 0.628. The van der Waals surface area contributed by atoms with E-state index in [0.29, 0.717) is 0 Å². The fraction of sp³-hybridized carbons (Fsp3) is 0. The average Bonchev–Trinajstić information content (AvgIpc) is 2.76. The lowest BCUT2D eigenvalue weighted by atomic mass is 10.1. The van der Waals surface area contributed by atoms with Crippen LogP contribution in [0.1, 0.15) is 5.56 Å². The highest BCUT2D eigenvalue weighted by atomic mass is 19.1. The molecule has 0 amide bonds. The zero-order valence-corrected chi connectivity index (χ0v) is 15.2. The van der Waals surface area contributed by atoms with E-state index in [2.05, 4.69) is 46.3 Å². The molecule has 0 bridgehead atoms. The fourth-order valence-electron chi connectivity index (χ4n) is 2.99. The topological polar surface area (TPSA) is 15.6 Å². The molecule has 0 fully saturated rings. The van der Waals surface area contributed by atoms with Gasteiger partial charge < -0.3 is 4.90 Å². The molecular weight excluding hydrogens is 347 g/mol. The molecule has 0 unspecified atom stereocenters. The van der Waals surface area contributed by atoms with Crippen molar-refractivity contribution >= 4 is 29.0 Å². The Morgan fingerprint density at radius 2 is 1.07 bits per heavy atom. The molecule has 0 aliphatic carbocycles. The summed E-state index contributed by atoms with van der Waals surface area (Å²) in [5, 5.41) is 0. The monoisotopic (exact) mass is 366 g/mol. The molecule has 4 rings (SSSR count). The summed E-state index contributed by atoms with van der Waals surface area (Å²) in [7, 11) is 0. The van der Waals surface area contributed by atoms with Gasteiger partial charge in [-0.2, -0.15) is 0 Å². The Hall–Kier alpha value is -3.72. The van der Waals surface area contributed by atoms with Gasteiger partial charge in [-0.05, 0) is 66.2 Å². The molecule has 0 atom stereocenters. The van der Waals surface area contributed by atoms with Crippen molar-refractivity contribution in [2.75, 3.05) is 4.90 Å². The van der Waals surface area contributed by atoms with Crippen LogP contribution in [0.5, 0.6) is 0 Å². The Morgan fingerprint density at radius 3 is 1.61 bits per heavy atom. The zero-order valence-electron chi connectivity index (χ0n) is 15.2. The van der Waals surface area contributed by atoms with E-state index in [4.69, 9.17) is 0 Å². The maximum atomic E-state index is 13.0. The standard InChI is InChI=1S/C25H19FN2/c26-21-13-15-22(16-14-21)27-19-20-11-17-25(18-12-20)28(23-7-3-1-4-8-23)24-9-5-2-6-10-24/h1-19H. The molecule has 136 valence electrons. The van der Waals surface area contributed by atoms with E-state index in [1.54, 1.807) is 18.3 Å². The van der Waals surface area contributed by atoms with E-state index >= 15 is 0 Å². The van der Waals surface area contributed by atoms with Gasteiger partial charge in [0.1, 0.15) is 5.82 Å². The van der Waals surface area contributed by atoms with Crippen molar-refractivity contribution in [3.63, 3.8) is 0 Å². The van der Waals surface area contributed by atoms with Crippen LogP contribution >= 0.6 is 0 Å². The first-order valence-electron chi connectivity index (χ1n) is 9.09. The number of para-hydroxylation sites is 2. The molecule has 4 aromatic rings. The lowest BCUT2D eigenvalue weighted by Crippen LogP contribution is -2.09. The summed E-state index contributed by atoms with van der Waals surface area (Å²) in [6, 6.07) is 34.9. The van der Waals surface area contributed by atoms with E-state index in [1.807, 2.05) is 48.5 Å². The van der Waals surface area contributed by atoms with Crippen molar-refractivity contribution in [3.8, 4) is 0 Å². The Bertz CT molecular complexity index is 1000. The molecular formula is C25H19FN2. The van der Waals surface area contributed by atoms with Crippen LogP contribution in [0.15, 0.2) is 114 Å². The Morgan fingerprint density at radius 1 is 0.571 bits per heavy atom. The van der Waals surface area contributed by atoms with Crippen LogP contribution in [0.3, 0.4) is 0 Å². The van der Waals surface area contributed by atoms with Crippen LogP contribution in [0.25, 0.3) is 0 Å². The van der Waals surface area contributed by atoms with Gasteiger partial charge in [-0.15, -0.1) is 0 Å². The molecule has 0 saturated heterocycles. The fourth-order valence-corrected chi connectivity index (χ4v) is 2.99. The summed E-state index contributed by atoms with van der Waals surface area (Å²) < 4.78 is 13.0. The first kappa shape index (κ1) is 17.7. The SMILES string of the molecule is Fc1ccc(N=Cc2ccc(N(c3ccccc3)c3ccccc3)cc2)cc1. The first-order chi connectivity index (χ1) is 13.8. The molecule has 0 aromatic heterocycles. The van der Waals surface area contributed by atoms with Gasteiger partial charge in [0.05, 0.1) is 5.69 Å². The molecule has 3 heteroatoms. The Kier molecular flexibility index (Phi) is 5.25. The van der Waals surface area contributed by atoms with Crippen molar-refractivity contribution in [3.05, 3.63) is 121 Å². The highest BCUT2D eigenvalue weighted by Gasteiger charge is 2.11. The minimum atomic E-state index is -0.259. The van der Waals surface area contributed by atoms with Crippen molar-refractivity contribution in [2.45, 2.75) is 0 Å². The Balaban J connectivity index is 1.62. The molecule has 0 spiro atoms. The minimum Gasteiger partial charge on any atom is -0.311 e. The third-order valence-corrected chi connectivity index (χ3v) is 4.37. The first-order valence-corrected chi connectivity index (χ1v) is 9.09. The van der Waals surface area contributed by atoms with E-state index in [9.17, 15) is 4.39 Å². The van der Waals surface area contributed by atoms with Crippen LogP contribution in [0, 0.1) is 5.82 Å². The number of halogens is 1. The van der Waals surface area contributed by atoms with Crippen LogP contribution < -0.4 is 4.90 Å². The maximum Gasteiger partial charge on any atom is 0.123 e. The largest absolute Gasteiger partial charge is 0.311 e. The summed E-state index contributed by atoms with van der Waals surface area (Å²) in [5.74, 6) is -0.259. The molecule has 0 N–H and O–H groups in total. The molecule has 0 saturated carbocycles. The molecule has 4 aromatic carbocycles. The molecule has 0 heterocycles. The summed E-state index contributed by atoms with van der Waals surface area (Å²) in [6.07, 6.45) is 1.78. The summed E-state index contributed by atoms with van der Waals surface area (Å²) in [5.41, 5.74) is 4.97. The number of benzene rings is 4. The smallest absolute Gasteiger partial charge is 0.123 e. The summed E-state index contributed by atoms with van der Waals surface area (Å²) in [4.78, 5) is 6.61. The van der Waals surface area contributed by atoms with Gasteiger partial charge in [-0.1, -0.05) is 48.5 Å². The van der Waals surface area contributed by atoms with Crippen molar-refractivity contribution < 1.29 is 4.39 Å². The van der Waals surface area contributed by atoms with Gasteiger partial charge in [0.2, 0.25) is 0 Å². The van der Waals surface area contributed by atoms with Gasteiger partial charge in [0.25, 0.3) is 0 Å². The number of anilines is 3. The Labute approximate surface area is 164 Å². The number of aliphatic imine (C=N–C) groups is 1. The minimum absolute atomic E-state index is 0.259. The van der Waals surface area contributed by atoms with Gasteiger partial charge in [0, 0.05) is 23.3 Å². The maximum absolute atomic E-state index is 13.0. The molecule has 0 aliphatic heterocycles.